The van der Waals surface area contributed by atoms with Crippen molar-refractivity contribution in [3.63, 3.8) is 0 Å². The van der Waals surface area contributed by atoms with Gasteiger partial charge in [0.25, 0.3) is 0 Å². The molecule has 2 rings (SSSR count). The number of phenolic OH excluding ortho intramolecular Hbond substituents is 2. The standard InChI is InChI=1S/C15H13Br2N3O2S/c16-11-6-10(13(21)12(17)14(11)22)8-19-20-15(23)18-7-9-4-2-1-3-5-9/h1-6,8,21-22H,7H2,(H2,18,20,23)/b19-8-. The Labute approximate surface area is 155 Å². The molecule has 0 radical (unpaired) electrons. The molecule has 0 aliphatic rings. The molecule has 2 aromatic carbocycles. The van der Waals surface area contributed by atoms with E-state index in [1.165, 1.54) is 6.21 Å². The molecule has 0 saturated heterocycles. The number of hydrogen-bond acceptors (Lipinski definition) is 4. The van der Waals surface area contributed by atoms with Crippen LogP contribution in [0.25, 0.3) is 0 Å². The van der Waals surface area contributed by atoms with Crippen LogP contribution in [0.4, 0.5) is 0 Å². The number of aromatic hydroxyl groups is 2. The van der Waals surface area contributed by atoms with Gasteiger partial charge in [-0.25, -0.2) is 0 Å². The van der Waals surface area contributed by atoms with Crippen LogP contribution in [0.3, 0.4) is 0 Å². The van der Waals surface area contributed by atoms with Gasteiger partial charge in [-0.15, -0.1) is 0 Å². The molecular formula is C15H13Br2N3O2S. The molecule has 0 aromatic heterocycles. The van der Waals surface area contributed by atoms with Gasteiger partial charge in [-0.2, -0.15) is 5.10 Å². The fourth-order valence-electron chi connectivity index (χ4n) is 1.69. The number of hydrogen-bond donors (Lipinski definition) is 4. The van der Waals surface area contributed by atoms with Crippen molar-refractivity contribution in [3.05, 3.63) is 56.5 Å². The quantitative estimate of drug-likeness (QED) is 0.320. The first-order valence-electron chi connectivity index (χ1n) is 6.49. The molecule has 0 bridgehead atoms. The summed E-state index contributed by atoms with van der Waals surface area (Å²) in [4.78, 5) is 0. The third kappa shape index (κ3) is 4.92. The van der Waals surface area contributed by atoms with Crippen molar-refractivity contribution in [1.29, 1.82) is 0 Å². The molecule has 0 fully saturated rings. The van der Waals surface area contributed by atoms with E-state index in [0.29, 0.717) is 21.7 Å². The van der Waals surface area contributed by atoms with Crippen molar-refractivity contribution in [3.8, 4) is 11.5 Å². The number of nitrogens with one attached hydrogen (secondary N) is 2. The number of benzene rings is 2. The van der Waals surface area contributed by atoms with Gasteiger partial charge in [0.15, 0.2) is 5.11 Å². The second-order valence-electron chi connectivity index (χ2n) is 4.50. The zero-order valence-electron chi connectivity index (χ0n) is 11.8. The summed E-state index contributed by atoms with van der Waals surface area (Å²) < 4.78 is 0.631. The average Bonchev–Trinajstić information content (AvgIpc) is 2.56. The molecule has 0 saturated carbocycles. The van der Waals surface area contributed by atoms with E-state index in [-0.39, 0.29) is 16.0 Å². The van der Waals surface area contributed by atoms with Gasteiger partial charge in [-0.1, -0.05) is 30.3 Å². The first kappa shape index (κ1) is 17.7. The van der Waals surface area contributed by atoms with Gasteiger partial charge < -0.3 is 15.5 Å². The van der Waals surface area contributed by atoms with Gasteiger partial charge in [-0.3, -0.25) is 5.43 Å². The molecular weight excluding hydrogens is 446 g/mol. The minimum atomic E-state index is -0.112. The maximum Gasteiger partial charge on any atom is 0.187 e. The summed E-state index contributed by atoms with van der Waals surface area (Å²) in [5.41, 5.74) is 4.19. The van der Waals surface area contributed by atoms with Crippen molar-refractivity contribution in [1.82, 2.24) is 10.7 Å². The van der Waals surface area contributed by atoms with E-state index in [9.17, 15) is 10.2 Å². The Morgan fingerprint density at radius 3 is 2.57 bits per heavy atom. The average molecular weight is 459 g/mol. The summed E-state index contributed by atoms with van der Waals surface area (Å²) in [6.07, 6.45) is 1.40. The highest BCUT2D eigenvalue weighted by atomic mass is 79.9. The minimum absolute atomic E-state index is 0.0762. The third-order valence-corrected chi connectivity index (χ3v) is 4.45. The first-order chi connectivity index (χ1) is 11.0. The molecule has 8 heteroatoms. The van der Waals surface area contributed by atoms with E-state index >= 15 is 0 Å². The van der Waals surface area contributed by atoms with Crippen LogP contribution in [0, 0.1) is 0 Å². The second-order valence-corrected chi connectivity index (χ2v) is 6.55. The van der Waals surface area contributed by atoms with Gasteiger partial charge in [0.05, 0.1) is 10.7 Å². The predicted molar refractivity (Wildman–Crippen MR) is 102 cm³/mol. The van der Waals surface area contributed by atoms with Crippen LogP contribution >= 0.6 is 44.1 Å². The number of phenols is 2. The lowest BCUT2D eigenvalue weighted by atomic mass is 10.2. The number of hydrazone groups is 1. The summed E-state index contributed by atoms with van der Waals surface area (Å²) >= 11 is 11.4. The molecule has 4 N–H and O–H groups in total. The van der Waals surface area contributed by atoms with Crippen LogP contribution in [0.2, 0.25) is 0 Å². The SMILES string of the molecule is Oc1c(Br)cc(/C=N\NC(=S)NCc2ccccc2)c(O)c1Br. The molecule has 5 nitrogen and oxygen atoms in total. The van der Waals surface area contributed by atoms with Crippen LogP contribution < -0.4 is 10.7 Å². The number of nitrogens with zero attached hydrogens (tertiary/aromatic N) is 1. The van der Waals surface area contributed by atoms with Crippen LogP contribution in [-0.2, 0) is 6.54 Å². The molecule has 0 atom stereocenters. The molecule has 0 heterocycles. The fourth-order valence-corrected chi connectivity index (χ4v) is 2.97. The molecule has 23 heavy (non-hydrogen) atoms. The number of rotatable bonds is 4. The summed E-state index contributed by atoms with van der Waals surface area (Å²) in [6, 6.07) is 11.4. The van der Waals surface area contributed by atoms with E-state index in [4.69, 9.17) is 12.2 Å². The van der Waals surface area contributed by atoms with Gasteiger partial charge in [0.2, 0.25) is 0 Å². The molecule has 120 valence electrons. The van der Waals surface area contributed by atoms with E-state index in [2.05, 4.69) is 47.7 Å². The monoisotopic (exact) mass is 457 g/mol. The van der Waals surface area contributed by atoms with Crippen molar-refractivity contribution < 1.29 is 10.2 Å². The summed E-state index contributed by atoms with van der Waals surface area (Å²) in [5.74, 6) is -0.188. The molecule has 0 amide bonds. The Morgan fingerprint density at radius 1 is 1.17 bits per heavy atom. The van der Waals surface area contributed by atoms with Crippen LogP contribution in [-0.4, -0.2) is 21.5 Å². The summed E-state index contributed by atoms with van der Waals surface area (Å²) in [5, 5.41) is 26.9. The summed E-state index contributed by atoms with van der Waals surface area (Å²) in [7, 11) is 0. The lowest BCUT2D eigenvalue weighted by Crippen LogP contribution is -2.31. The molecule has 0 spiro atoms. The highest BCUT2D eigenvalue weighted by molar-refractivity contribution is 9.11. The lowest BCUT2D eigenvalue weighted by Gasteiger charge is -2.08. The van der Waals surface area contributed by atoms with Crippen molar-refractivity contribution in [2.75, 3.05) is 0 Å². The lowest BCUT2D eigenvalue weighted by molar-refractivity contribution is 0.442. The van der Waals surface area contributed by atoms with Gasteiger partial charge in [-0.05, 0) is 55.7 Å². The van der Waals surface area contributed by atoms with E-state index in [1.807, 2.05) is 30.3 Å². The Morgan fingerprint density at radius 2 is 1.87 bits per heavy atom. The normalized spacial score (nSPS) is 10.7. The maximum absolute atomic E-state index is 9.92. The topological polar surface area (TPSA) is 76.9 Å². The second kappa shape index (κ2) is 8.28. The van der Waals surface area contributed by atoms with E-state index in [0.717, 1.165) is 5.56 Å². The van der Waals surface area contributed by atoms with Crippen LogP contribution in [0.5, 0.6) is 11.5 Å². The minimum Gasteiger partial charge on any atom is -0.506 e. The van der Waals surface area contributed by atoms with Crippen LogP contribution in [0.15, 0.2) is 50.4 Å². The van der Waals surface area contributed by atoms with Crippen molar-refractivity contribution in [2.45, 2.75) is 6.54 Å². The highest BCUT2D eigenvalue weighted by Crippen LogP contribution is 2.40. The van der Waals surface area contributed by atoms with Gasteiger partial charge in [0, 0.05) is 12.1 Å². The van der Waals surface area contributed by atoms with Crippen LogP contribution in [0.1, 0.15) is 11.1 Å². The zero-order valence-corrected chi connectivity index (χ0v) is 15.7. The van der Waals surface area contributed by atoms with E-state index < -0.39 is 0 Å². The van der Waals surface area contributed by atoms with Crippen molar-refractivity contribution in [2.24, 2.45) is 5.10 Å². The Kier molecular flexibility index (Phi) is 6.37. The van der Waals surface area contributed by atoms with E-state index in [1.54, 1.807) is 6.07 Å². The molecule has 0 aliphatic carbocycles. The van der Waals surface area contributed by atoms with Crippen molar-refractivity contribution >= 4 is 55.4 Å². The van der Waals surface area contributed by atoms with Gasteiger partial charge in [0.1, 0.15) is 16.0 Å². The molecule has 0 aliphatic heterocycles. The summed E-state index contributed by atoms with van der Waals surface area (Å²) in [6.45, 7) is 0.587. The first-order valence-corrected chi connectivity index (χ1v) is 8.49. The Hall–Kier alpha value is -1.64. The smallest absolute Gasteiger partial charge is 0.187 e. The number of halogens is 2. The molecule has 2 aromatic rings. The molecule has 0 unspecified atom stereocenters. The highest BCUT2D eigenvalue weighted by Gasteiger charge is 2.12. The third-order valence-electron chi connectivity index (χ3n) is 2.86. The zero-order chi connectivity index (χ0) is 16.8. The Balaban J connectivity index is 1.93. The predicted octanol–water partition coefficient (Wildman–Crippen LogP) is 3.62. The number of thiocarbonyl (C=S) groups is 1. The fraction of sp³-hybridized carbons (Fsp3) is 0.0667. The van der Waals surface area contributed by atoms with Gasteiger partial charge >= 0.3 is 0 Å². The largest absolute Gasteiger partial charge is 0.506 e. The Bertz CT molecular complexity index is 739. The maximum atomic E-state index is 9.92.